The molecule has 2 rings (SSSR count). The Hall–Kier alpha value is -3.02. The van der Waals surface area contributed by atoms with E-state index in [-0.39, 0.29) is 17.0 Å². The van der Waals surface area contributed by atoms with Gasteiger partial charge < -0.3 is 4.74 Å². The molecular weight excluding hydrogens is 289 g/mol. The minimum atomic E-state index is -0.628. The molecule has 6 heteroatoms. The minimum Gasteiger partial charge on any atom is -0.494 e. The summed E-state index contributed by atoms with van der Waals surface area (Å²) in [6.45, 7) is 0. The number of rotatable bonds is 5. The van der Waals surface area contributed by atoms with Gasteiger partial charge in [-0.3, -0.25) is 14.9 Å². The van der Waals surface area contributed by atoms with Crippen molar-refractivity contribution in [3.63, 3.8) is 0 Å². The Bertz CT molecular complexity index is 756. The summed E-state index contributed by atoms with van der Waals surface area (Å²) in [4.78, 5) is 22.1. The van der Waals surface area contributed by atoms with Crippen molar-refractivity contribution >= 4 is 17.5 Å². The molecule has 5 nitrogen and oxygen atoms in total. The van der Waals surface area contributed by atoms with Crippen LogP contribution in [0.15, 0.2) is 48.5 Å². The van der Waals surface area contributed by atoms with E-state index in [9.17, 15) is 19.3 Å². The summed E-state index contributed by atoms with van der Waals surface area (Å²) < 4.78 is 18.3. The third kappa shape index (κ3) is 3.54. The molecule has 0 N–H and O–H groups in total. The van der Waals surface area contributed by atoms with Crippen molar-refractivity contribution in [1.82, 2.24) is 0 Å². The number of carbonyl (C=O) groups is 1. The molecule has 0 saturated carbocycles. The lowest BCUT2D eigenvalue weighted by molar-refractivity contribution is -0.384. The maximum atomic E-state index is 13.5. The van der Waals surface area contributed by atoms with Crippen LogP contribution in [-0.4, -0.2) is 17.8 Å². The van der Waals surface area contributed by atoms with Crippen LogP contribution in [-0.2, 0) is 0 Å². The first-order valence-electron chi connectivity index (χ1n) is 6.31. The number of nitro groups is 1. The average molecular weight is 301 g/mol. The summed E-state index contributed by atoms with van der Waals surface area (Å²) in [5.74, 6) is -0.982. The number of allylic oxidation sites excluding steroid dienone is 1. The second kappa shape index (κ2) is 6.62. The second-order valence-electron chi connectivity index (χ2n) is 4.40. The first kappa shape index (κ1) is 15.4. The van der Waals surface area contributed by atoms with Crippen LogP contribution in [0.25, 0.3) is 6.08 Å². The van der Waals surface area contributed by atoms with Crippen LogP contribution in [0.1, 0.15) is 15.9 Å². The molecule has 0 amide bonds. The number of ether oxygens (including phenoxy) is 1. The van der Waals surface area contributed by atoms with E-state index >= 15 is 0 Å². The van der Waals surface area contributed by atoms with E-state index in [0.29, 0.717) is 5.56 Å². The van der Waals surface area contributed by atoms with E-state index in [0.717, 1.165) is 6.07 Å². The van der Waals surface area contributed by atoms with Crippen molar-refractivity contribution < 1.29 is 18.8 Å². The Morgan fingerprint density at radius 1 is 1.27 bits per heavy atom. The fourth-order valence-electron chi connectivity index (χ4n) is 1.83. The van der Waals surface area contributed by atoms with Crippen molar-refractivity contribution in [1.29, 1.82) is 0 Å². The summed E-state index contributed by atoms with van der Waals surface area (Å²) in [6, 6.07) is 9.75. The maximum Gasteiger partial charge on any atom is 0.270 e. The molecule has 0 aliphatic rings. The number of ketones is 1. The highest BCUT2D eigenvalue weighted by molar-refractivity contribution is 6.06. The molecule has 0 aliphatic carbocycles. The van der Waals surface area contributed by atoms with Gasteiger partial charge in [0.1, 0.15) is 0 Å². The zero-order chi connectivity index (χ0) is 16.1. The minimum absolute atomic E-state index is 0.0548. The Morgan fingerprint density at radius 3 is 2.68 bits per heavy atom. The average Bonchev–Trinajstić information content (AvgIpc) is 2.52. The molecule has 0 heterocycles. The highest BCUT2D eigenvalue weighted by atomic mass is 19.1. The second-order valence-corrected chi connectivity index (χ2v) is 4.40. The number of hydrogen-bond donors (Lipinski definition) is 0. The standard InChI is InChI=1S/C16H12FNO4/c1-22-16-8-6-12(10-14(16)17)15(19)7-5-11-3-2-4-13(9-11)18(20)21/h2-10H,1H3/b7-5+. The molecule has 0 bridgehead atoms. The van der Waals surface area contributed by atoms with Gasteiger partial charge in [0.25, 0.3) is 5.69 Å². The van der Waals surface area contributed by atoms with E-state index in [1.165, 1.54) is 49.6 Å². The van der Waals surface area contributed by atoms with Crippen LogP contribution < -0.4 is 4.74 Å². The third-order valence-electron chi connectivity index (χ3n) is 2.94. The molecule has 0 aliphatic heterocycles. The van der Waals surface area contributed by atoms with E-state index in [1.54, 1.807) is 6.07 Å². The molecular formula is C16H12FNO4. The Balaban J connectivity index is 2.19. The zero-order valence-corrected chi connectivity index (χ0v) is 11.7. The Labute approximate surface area is 125 Å². The van der Waals surface area contributed by atoms with Crippen LogP contribution in [0.5, 0.6) is 5.75 Å². The topological polar surface area (TPSA) is 69.4 Å². The van der Waals surface area contributed by atoms with Crippen molar-refractivity contribution in [2.75, 3.05) is 7.11 Å². The molecule has 22 heavy (non-hydrogen) atoms. The van der Waals surface area contributed by atoms with Crippen LogP contribution in [0.3, 0.4) is 0 Å². The van der Waals surface area contributed by atoms with Gasteiger partial charge in [-0.2, -0.15) is 0 Å². The SMILES string of the molecule is COc1ccc(C(=O)/C=C/c2cccc([N+](=O)[O-])c2)cc1F. The van der Waals surface area contributed by atoms with Gasteiger partial charge in [-0.05, 0) is 29.8 Å². The number of nitro benzene ring substituents is 1. The number of halogens is 1. The van der Waals surface area contributed by atoms with Gasteiger partial charge in [0.05, 0.1) is 12.0 Å². The number of hydrogen-bond acceptors (Lipinski definition) is 4. The molecule has 0 saturated heterocycles. The Kier molecular flexibility index (Phi) is 4.63. The molecule has 0 unspecified atom stereocenters. The van der Waals surface area contributed by atoms with Crippen LogP contribution in [0, 0.1) is 15.9 Å². The molecule has 0 radical (unpaired) electrons. The van der Waals surface area contributed by atoms with Gasteiger partial charge in [0.15, 0.2) is 17.3 Å². The predicted octanol–water partition coefficient (Wildman–Crippen LogP) is 3.64. The van der Waals surface area contributed by atoms with E-state index in [4.69, 9.17) is 4.74 Å². The lowest BCUT2D eigenvalue weighted by Gasteiger charge is -2.02. The molecule has 112 valence electrons. The molecule has 2 aromatic rings. The van der Waals surface area contributed by atoms with Crippen molar-refractivity contribution in [3.05, 3.63) is 75.6 Å². The number of nitrogens with zero attached hydrogens (tertiary/aromatic N) is 1. The largest absolute Gasteiger partial charge is 0.494 e. The lowest BCUT2D eigenvalue weighted by Crippen LogP contribution is -1.97. The number of methoxy groups -OCH3 is 1. The van der Waals surface area contributed by atoms with Gasteiger partial charge >= 0.3 is 0 Å². The normalized spacial score (nSPS) is 10.6. The van der Waals surface area contributed by atoms with Gasteiger partial charge in [-0.15, -0.1) is 0 Å². The van der Waals surface area contributed by atoms with E-state index < -0.39 is 16.5 Å². The number of carbonyl (C=O) groups excluding carboxylic acids is 1. The van der Waals surface area contributed by atoms with Crippen molar-refractivity contribution in [2.24, 2.45) is 0 Å². The monoisotopic (exact) mass is 301 g/mol. The Morgan fingerprint density at radius 2 is 2.05 bits per heavy atom. The van der Waals surface area contributed by atoms with E-state index in [2.05, 4.69) is 0 Å². The van der Waals surface area contributed by atoms with Gasteiger partial charge in [-0.1, -0.05) is 18.2 Å². The molecule has 2 aromatic carbocycles. The first-order valence-corrected chi connectivity index (χ1v) is 6.31. The van der Waals surface area contributed by atoms with Gasteiger partial charge in [0.2, 0.25) is 0 Å². The number of non-ortho nitro benzene ring substituents is 1. The summed E-state index contributed by atoms with van der Waals surface area (Å²) in [7, 11) is 1.34. The summed E-state index contributed by atoms with van der Waals surface area (Å²) in [5, 5.41) is 10.7. The van der Waals surface area contributed by atoms with Gasteiger partial charge in [-0.25, -0.2) is 4.39 Å². The van der Waals surface area contributed by atoms with Crippen molar-refractivity contribution in [3.8, 4) is 5.75 Å². The molecule has 0 spiro atoms. The van der Waals surface area contributed by atoms with Gasteiger partial charge in [0, 0.05) is 17.7 Å². The fourth-order valence-corrected chi connectivity index (χ4v) is 1.83. The van der Waals surface area contributed by atoms with Crippen LogP contribution in [0.2, 0.25) is 0 Å². The van der Waals surface area contributed by atoms with Crippen LogP contribution in [0.4, 0.5) is 10.1 Å². The zero-order valence-electron chi connectivity index (χ0n) is 11.7. The highest BCUT2D eigenvalue weighted by Crippen LogP contribution is 2.19. The van der Waals surface area contributed by atoms with Crippen LogP contribution >= 0.6 is 0 Å². The van der Waals surface area contributed by atoms with E-state index in [1.807, 2.05) is 0 Å². The summed E-state index contributed by atoms with van der Waals surface area (Å²) in [6.07, 6.45) is 2.68. The quantitative estimate of drug-likeness (QED) is 0.366. The number of benzene rings is 2. The highest BCUT2D eigenvalue weighted by Gasteiger charge is 2.08. The molecule has 0 fully saturated rings. The summed E-state index contributed by atoms with van der Waals surface area (Å²) >= 11 is 0. The molecule has 0 aromatic heterocycles. The maximum absolute atomic E-state index is 13.5. The predicted molar refractivity (Wildman–Crippen MR) is 79.4 cm³/mol. The fraction of sp³-hybridized carbons (Fsp3) is 0.0625. The smallest absolute Gasteiger partial charge is 0.270 e. The summed E-state index contributed by atoms with van der Waals surface area (Å²) in [5.41, 5.74) is 0.613. The lowest BCUT2D eigenvalue weighted by atomic mass is 10.1. The van der Waals surface area contributed by atoms with Crippen molar-refractivity contribution in [2.45, 2.75) is 0 Å². The first-order chi connectivity index (χ1) is 10.5. The molecule has 0 atom stereocenters. The third-order valence-corrected chi connectivity index (χ3v) is 2.94.